The number of carboxylic acid groups (broad SMARTS) is 1. The van der Waals surface area contributed by atoms with Gasteiger partial charge in [-0.25, -0.2) is 4.79 Å². The van der Waals surface area contributed by atoms with E-state index in [2.05, 4.69) is 4.98 Å². The molecule has 0 bridgehead atoms. The molecule has 0 amide bonds. The number of carboxylic acids is 1. The first kappa shape index (κ1) is 20.0. The Morgan fingerprint density at radius 1 is 1.00 bits per heavy atom. The van der Waals surface area contributed by atoms with Gasteiger partial charge in [0.05, 0.1) is 19.8 Å². The number of benzene rings is 1. The fourth-order valence-corrected chi connectivity index (χ4v) is 3.33. The molecule has 1 heterocycles. The van der Waals surface area contributed by atoms with Gasteiger partial charge in [-0.1, -0.05) is 18.2 Å². The lowest BCUT2D eigenvalue weighted by Gasteiger charge is -2.21. The molecular weight excluding hydrogens is 374 g/mol. The Morgan fingerprint density at radius 2 is 1.66 bits per heavy atom. The average molecular weight is 393 g/mol. The Morgan fingerprint density at radius 3 is 2.31 bits per heavy atom. The van der Waals surface area contributed by atoms with Crippen molar-refractivity contribution in [2.45, 2.75) is 13.3 Å². The number of nitrogens with zero attached hydrogens (tertiary/aromatic N) is 1. The Balaban J connectivity index is 2.10. The molecule has 1 aliphatic rings. The number of ether oxygens (including phenoxy) is 2. The van der Waals surface area contributed by atoms with Crippen LogP contribution in [-0.2, 0) is 25.5 Å². The minimum absolute atomic E-state index is 0.0946. The quantitative estimate of drug-likeness (QED) is 0.753. The van der Waals surface area contributed by atoms with Gasteiger partial charge in [0.1, 0.15) is 0 Å². The fourth-order valence-electron chi connectivity index (χ4n) is 3.33. The van der Waals surface area contributed by atoms with Crippen molar-refractivity contribution in [3.63, 3.8) is 0 Å². The third-order valence-corrected chi connectivity index (χ3v) is 4.81. The smallest absolute Gasteiger partial charge is 0.336 e. The molecule has 1 aliphatic carbocycles. The molecule has 0 atom stereocenters. The Kier molecular flexibility index (Phi) is 5.59. The Labute approximate surface area is 167 Å². The van der Waals surface area contributed by atoms with Crippen LogP contribution in [0.1, 0.15) is 22.8 Å². The summed E-state index contributed by atoms with van der Waals surface area (Å²) in [5.74, 6) is -2.19. The highest BCUT2D eigenvalue weighted by Gasteiger charge is 2.35. The van der Waals surface area contributed by atoms with Crippen LogP contribution in [0.4, 0.5) is 0 Å². The molecule has 0 fully saturated rings. The van der Waals surface area contributed by atoms with Gasteiger partial charge in [0.25, 0.3) is 0 Å². The largest absolute Gasteiger partial charge is 0.489 e. The lowest BCUT2D eigenvalue weighted by Crippen LogP contribution is -2.26. The molecule has 0 radical (unpaired) electrons. The maximum absolute atomic E-state index is 12.9. The number of hydrogen-bond acceptors (Lipinski definition) is 6. The van der Waals surface area contributed by atoms with Crippen LogP contribution < -0.4 is 0 Å². The summed E-state index contributed by atoms with van der Waals surface area (Å²) in [6, 6.07) is 8.28. The number of aromatic carboxylic acids is 1. The zero-order valence-electron chi connectivity index (χ0n) is 16.2. The van der Waals surface area contributed by atoms with E-state index in [1.807, 2.05) is 0 Å². The zero-order chi connectivity index (χ0) is 21.1. The van der Waals surface area contributed by atoms with Gasteiger partial charge in [-0.2, -0.15) is 0 Å². The second-order valence-corrected chi connectivity index (χ2v) is 6.39. The van der Waals surface area contributed by atoms with Crippen LogP contribution in [0.5, 0.6) is 0 Å². The van der Waals surface area contributed by atoms with Crippen LogP contribution in [-0.4, -0.2) is 41.8 Å². The maximum Gasteiger partial charge on any atom is 0.336 e. The topological polar surface area (TPSA) is 103 Å². The molecule has 7 nitrogen and oxygen atoms in total. The molecule has 148 valence electrons. The first-order valence-corrected chi connectivity index (χ1v) is 8.77. The van der Waals surface area contributed by atoms with Gasteiger partial charge >= 0.3 is 5.97 Å². The molecule has 29 heavy (non-hydrogen) atoms. The van der Waals surface area contributed by atoms with Gasteiger partial charge in [0.2, 0.25) is 23.1 Å². The predicted octanol–water partition coefficient (Wildman–Crippen LogP) is 2.96. The monoisotopic (exact) mass is 393 g/mol. The minimum Gasteiger partial charge on any atom is -0.489 e. The van der Waals surface area contributed by atoms with Crippen LogP contribution in [0.2, 0.25) is 0 Å². The third-order valence-electron chi connectivity index (χ3n) is 4.81. The van der Waals surface area contributed by atoms with Gasteiger partial charge in [0.15, 0.2) is 0 Å². The van der Waals surface area contributed by atoms with Crippen molar-refractivity contribution in [3.05, 3.63) is 76.5 Å². The van der Waals surface area contributed by atoms with Gasteiger partial charge in [-0.15, -0.1) is 0 Å². The first-order valence-electron chi connectivity index (χ1n) is 8.77. The summed E-state index contributed by atoms with van der Waals surface area (Å²) in [7, 11) is 2.61. The molecule has 0 aliphatic heterocycles. The average Bonchev–Trinajstić information content (AvgIpc) is 2.73. The van der Waals surface area contributed by atoms with Crippen LogP contribution in [0, 0.1) is 0 Å². The molecule has 2 aromatic rings. The van der Waals surface area contributed by atoms with Crippen LogP contribution in [0.15, 0.2) is 65.4 Å². The summed E-state index contributed by atoms with van der Waals surface area (Å²) in [6.07, 6.45) is 3.21. The van der Waals surface area contributed by atoms with Crippen molar-refractivity contribution in [2.75, 3.05) is 14.2 Å². The molecule has 0 saturated heterocycles. The lowest BCUT2D eigenvalue weighted by molar-refractivity contribution is -0.121. The Hall–Kier alpha value is -3.74. The zero-order valence-corrected chi connectivity index (χ0v) is 16.2. The highest BCUT2D eigenvalue weighted by Crippen LogP contribution is 2.32. The number of carbonyl (C=O) groups excluding carboxylic acids is 2. The van der Waals surface area contributed by atoms with Crippen LogP contribution in [0.25, 0.3) is 11.1 Å². The van der Waals surface area contributed by atoms with Gasteiger partial charge in [-0.05, 0) is 35.7 Å². The molecule has 0 unspecified atom stereocenters. The number of allylic oxidation sites excluding steroid dienone is 2. The van der Waals surface area contributed by atoms with E-state index in [0.29, 0.717) is 16.7 Å². The molecular formula is C22H19NO6. The minimum atomic E-state index is -1.06. The van der Waals surface area contributed by atoms with E-state index in [9.17, 15) is 19.5 Å². The van der Waals surface area contributed by atoms with Gasteiger partial charge in [0, 0.05) is 30.0 Å². The Bertz CT molecular complexity index is 1080. The van der Waals surface area contributed by atoms with Crippen LogP contribution >= 0.6 is 0 Å². The van der Waals surface area contributed by atoms with Gasteiger partial charge in [-0.3, -0.25) is 14.6 Å². The molecule has 3 rings (SSSR count). The molecule has 0 spiro atoms. The van der Waals surface area contributed by atoms with Crippen molar-refractivity contribution in [3.8, 4) is 11.1 Å². The highest BCUT2D eigenvalue weighted by molar-refractivity contribution is 6.23. The van der Waals surface area contributed by atoms with E-state index in [1.165, 1.54) is 20.3 Å². The molecule has 7 heteroatoms. The standard InChI is InChI=1S/C22H19NO6/c1-12-17(19(25)21(29-3)20(28-2)18(12)24)10-13-11-23-9-8-14(13)15-6-4-5-7-16(15)22(26)27/h4-9,11H,10H2,1-3H3,(H,26,27). The summed E-state index contributed by atoms with van der Waals surface area (Å²) in [4.78, 5) is 41.3. The van der Waals surface area contributed by atoms with Crippen molar-refractivity contribution in [2.24, 2.45) is 0 Å². The van der Waals surface area contributed by atoms with E-state index in [4.69, 9.17) is 9.47 Å². The summed E-state index contributed by atoms with van der Waals surface area (Å²) in [5, 5.41) is 9.52. The molecule has 1 aromatic heterocycles. The molecule has 0 saturated carbocycles. The van der Waals surface area contributed by atoms with Crippen molar-refractivity contribution in [1.29, 1.82) is 0 Å². The van der Waals surface area contributed by atoms with E-state index < -0.39 is 17.5 Å². The second kappa shape index (κ2) is 8.10. The number of carbonyl (C=O) groups is 3. The lowest BCUT2D eigenvalue weighted by atomic mass is 9.86. The van der Waals surface area contributed by atoms with Crippen molar-refractivity contribution < 1.29 is 29.0 Å². The number of Topliss-reactive ketones (excluding diaryl/α,β-unsaturated/α-hetero) is 2. The summed E-state index contributed by atoms with van der Waals surface area (Å²) in [6.45, 7) is 1.56. The van der Waals surface area contributed by atoms with E-state index in [0.717, 1.165) is 0 Å². The summed E-state index contributed by atoms with van der Waals surface area (Å²) in [5.41, 5.74) is 2.40. The SMILES string of the molecule is COC1=C(OC)C(=O)C(Cc2cnccc2-c2ccccc2C(=O)O)=C(C)C1=O. The second-order valence-electron chi connectivity index (χ2n) is 6.39. The summed E-state index contributed by atoms with van der Waals surface area (Å²) < 4.78 is 10.2. The number of methoxy groups -OCH3 is 2. The van der Waals surface area contributed by atoms with Crippen molar-refractivity contribution in [1.82, 2.24) is 4.98 Å². The number of pyridine rings is 1. The summed E-state index contributed by atoms with van der Waals surface area (Å²) >= 11 is 0. The normalized spacial score (nSPS) is 14.3. The predicted molar refractivity (Wildman–Crippen MR) is 104 cm³/mol. The number of hydrogen-bond donors (Lipinski definition) is 1. The first-order chi connectivity index (χ1) is 13.9. The number of rotatable bonds is 6. The third kappa shape index (κ3) is 3.54. The van der Waals surface area contributed by atoms with Gasteiger partial charge < -0.3 is 14.6 Å². The van der Waals surface area contributed by atoms with E-state index in [1.54, 1.807) is 43.6 Å². The van der Waals surface area contributed by atoms with Crippen molar-refractivity contribution >= 4 is 17.5 Å². The highest BCUT2D eigenvalue weighted by atomic mass is 16.5. The van der Waals surface area contributed by atoms with E-state index in [-0.39, 0.29) is 34.6 Å². The fraction of sp³-hybridized carbons (Fsp3) is 0.182. The maximum atomic E-state index is 12.9. The number of ketones is 2. The van der Waals surface area contributed by atoms with E-state index >= 15 is 0 Å². The van der Waals surface area contributed by atoms with Crippen LogP contribution in [0.3, 0.4) is 0 Å². The molecule has 1 N–H and O–H groups in total. The molecule has 1 aromatic carbocycles. The number of aromatic nitrogens is 1.